The Morgan fingerprint density at radius 1 is 1.60 bits per heavy atom. The highest BCUT2D eigenvalue weighted by Crippen LogP contribution is 2.23. The number of hydrogen-bond acceptors (Lipinski definition) is 3. The van der Waals surface area contributed by atoms with E-state index in [1.54, 1.807) is 6.92 Å². The van der Waals surface area contributed by atoms with Gasteiger partial charge in [0, 0.05) is 0 Å². The second-order valence-corrected chi connectivity index (χ2v) is 2.78. The van der Waals surface area contributed by atoms with Crippen LogP contribution in [0.2, 0.25) is 0 Å². The molecule has 0 atom stereocenters. The number of rotatable bonds is 2. The Morgan fingerprint density at radius 3 is 2.50 bits per heavy atom. The van der Waals surface area contributed by atoms with E-state index in [2.05, 4.69) is 0 Å². The third-order valence-corrected chi connectivity index (χ3v) is 1.49. The fourth-order valence-electron chi connectivity index (χ4n) is 0.911. The smallest absolute Gasteiger partial charge is 0.227 e. The first-order valence-electron chi connectivity index (χ1n) is 3.09. The Hall–Kier alpha value is -0.120. The van der Waals surface area contributed by atoms with Crippen molar-refractivity contribution in [3.05, 3.63) is 0 Å². The maximum Gasteiger partial charge on any atom is 0.227 e. The molecule has 0 spiro atoms. The van der Waals surface area contributed by atoms with Crippen LogP contribution in [0.25, 0.3) is 0 Å². The molecular formula is C6H9ClO3. The molecule has 1 rings (SSSR count). The molecule has 1 saturated heterocycles. The minimum atomic E-state index is -0.765. The van der Waals surface area contributed by atoms with Gasteiger partial charge in [0.1, 0.15) is 0 Å². The summed E-state index contributed by atoms with van der Waals surface area (Å²) in [7, 11) is 0. The van der Waals surface area contributed by atoms with Crippen LogP contribution in [0.15, 0.2) is 0 Å². The summed E-state index contributed by atoms with van der Waals surface area (Å²) in [5.74, 6) is -0.765. The standard InChI is InChI=1S/C6H9ClO3/c1-6(4-5(7)8)9-2-3-10-6/h2-4H2,1H3. The second-order valence-electron chi connectivity index (χ2n) is 2.36. The van der Waals surface area contributed by atoms with Gasteiger partial charge in [-0.2, -0.15) is 0 Å². The number of halogens is 1. The molecule has 58 valence electrons. The first-order chi connectivity index (χ1) is 4.62. The first-order valence-corrected chi connectivity index (χ1v) is 3.46. The molecular weight excluding hydrogens is 156 g/mol. The van der Waals surface area contributed by atoms with Crippen LogP contribution in [0.1, 0.15) is 13.3 Å². The van der Waals surface area contributed by atoms with Gasteiger partial charge in [0.05, 0.1) is 19.6 Å². The fraction of sp³-hybridized carbons (Fsp3) is 0.833. The number of carbonyl (C=O) groups excluding carboxylic acids is 1. The van der Waals surface area contributed by atoms with Crippen molar-refractivity contribution in [1.82, 2.24) is 0 Å². The molecule has 0 unspecified atom stereocenters. The summed E-state index contributed by atoms with van der Waals surface area (Å²) in [6.07, 6.45) is 0.120. The highest BCUT2D eigenvalue weighted by atomic mass is 35.5. The van der Waals surface area contributed by atoms with E-state index in [9.17, 15) is 4.79 Å². The van der Waals surface area contributed by atoms with Crippen molar-refractivity contribution in [2.75, 3.05) is 13.2 Å². The molecule has 0 N–H and O–H groups in total. The summed E-state index contributed by atoms with van der Waals surface area (Å²) >= 11 is 5.15. The lowest BCUT2D eigenvalue weighted by Crippen LogP contribution is -2.27. The van der Waals surface area contributed by atoms with Crippen LogP contribution in [-0.2, 0) is 14.3 Å². The summed E-state index contributed by atoms with van der Waals surface area (Å²) < 4.78 is 10.2. The molecule has 0 radical (unpaired) electrons. The molecule has 0 aromatic rings. The molecule has 0 bridgehead atoms. The lowest BCUT2D eigenvalue weighted by molar-refractivity contribution is -0.153. The Balaban J connectivity index is 2.43. The van der Waals surface area contributed by atoms with E-state index in [0.717, 1.165) is 0 Å². The molecule has 1 aliphatic rings. The Labute approximate surface area is 64.3 Å². The van der Waals surface area contributed by atoms with Gasteiger partial charge >= 0.3 is 0 Å². The number of ether oxygens (including phenoxy) is 2. The number of hydrogen-bond donors (Lipinski definition) is 0. The van der Waals surface area contributed by atoms with Crippen molar-refractivity contribution in [3.8, 4) is 0 Å². The van der Waals surface area contributed by atoms with Gasteiger partial charge in [-0.25, -0.2) is 0 Å². The van der Waals surface area contributed by atoms with Gasteiger partial charge in [0.15, 0.2) is 5.79 Å². The fourth-order valence-corrected chi connectivity index (χ4v) is 1.15. The molecule has 4 heteroatoms. The largest absolute Gasteiger partial charge is 0.347 e. The van der Waals surface area contributed by atoms with Crippen molar-refractivity contribution in [3.63, 3.8) is 0 Å². The van der Waals surface area contributed by atoms with Crippen molar-refractivity contribution >= 4 is 16.8 Å². The highest BCUT2D eigenvalue weighted by molar-refractivity contribution is 6.63. The van der Waals surface area contributed by atoms with Crippen molar-refractivity contribution < 1.29 is 14.3 Å². The molecule has 0 aromatic carbocycles. The summed E-state index contributed by atoms with van der Waals surface area (Å²) in [6, 6.07) is 0. The van der Waals surface area contributed by atoms with Gasteiger partial charge in [-0.1, -0.05) is 0 Å². The van der Waals surface area contributed by atoms with E-state index < -0.39 is 11.0 Å². The zero-order valence-electron chi connectivity index (χ0n) is 5.72. The normalized spacial score (nSPS) is 23.0. The predicted molar refractivity (Wildman–Crippen MR) is 35.8 cm³/mol. The molecule has 0 saturated carbocycles. The van der Waals surface area contributed by atoms with Crippen LogP contribution in [0.3, 0.4) is 0 Å². The molecule has 3 nitrogen and oxygen atoms in total. The van der Waals surface area contributed by atoms with E-state index in [1.807, 2.05) is 0 Å². The van der Waals surface area contributed by atoms with Crippen LogP contribution >= 0.6 is 11.6 Å². The van der Waals surface area contributed by atoms with Crippen molar-refractivity contribution in [2.45, 2.75) is 19.1 Å². The van der Waals surface area contributed by atoms with Crippen LogP contribution in [0.4, 0.5) is 0 Å². The van der Waals surface area contributed by atoms with Gasteiger partial charge in [-0.15, -0.1) is 0 Å². The highest BCUT2D eigenvalue weighted by Gasteiger charge is 2.32. The minimum Gasteiger partial charge on any atom is -0.347 e. The monoisotopic (exact) mass is 164 g/mol. The SMILES string of the molecule is CC1(CC(=O)Cl)OCCO1. The van der Waals surface area contributed by atoms with E-state index in [4.69, 9.17) is 21.1 Å². The van der Waals surface area contributed by atoms with Gasteiger partial charge in [-0.3, -0.25) is 4.79 Å². The molecule has 1 aliphatic heterocycles. The third kappa shape index (κ3) is 1.94. The molecule has 0 aliphatic carbocycles. The maximum absolute atomic E-state index is 10.4. The Bertz CT molecular complexity index is 140. The van der Waals surface area contributed by atoms with E-state index in [0.29, 0.717) is 13.2 Å². The Kier molecular flexibility index (Phi) is 2.28. The van der Waals surface area contributed by atoms with E-state index in [1.165, 1.54) is 0 Å². The van der Waals surface area contributed by atoms with E-state index in [-0.39, 0.29) is 6.42 Å². The summed E-state index contributed by atoms with van der Waals surface area (Å²) in [4.78, 5) is 10.4. The lowest BCUT2D eigenvalue weighted by Gasteiger charge is -2.19. The van der Waals surface area contributed by atoms with Crippen molar-refractivity contribution in [1.29, 1.82) is 0 Å². The van der Waals surface area contributed by atoms with E-state index >= 15 is 0 Å². The second kappa shape index (κ2) is 2.86. The summed E-state index contributed by atoms with van der Waals surface area (Å²) in [6.45, 7) is 2.79. The summed E-state index contributed by atoms with van der Waals surface area (Å²) in [5, 5.41) is -0.426. The van der Waals surface area contributed by atoms with Crippen LogP contribution < -0.4 is 0 Å². The van der Waals surface area contributed by atoms with Crippen LogP contribution in [0, 0.1) is 0 Å². The molecule has 1 heterocycles. The van der Waals surface area contributed by atoms with Gasteiger partial charge in [0.25, 0.3) is 0 Å². The average Bonchev–Trinajstić information content (AvgIpc) is 2.12. The Morgan fingerprint density at radius 2 is 2.10 bits per heavy atom. The third-order valence-electron chi connectivity index (χ3n) is 1.36. The maximum atomic E-state index is 10.4. The van der Waals surface area contributed by atoms with Crippen LogP contribution in [-0.4, -0.2) is 24.2 Å². The first kappa shape index (κ1) is 7.98. The van der Waals surface area contributed by atoms with Gasteiger partial charge in [-0.05, 0) is 18.5 Å². The minimum absolute atomic E-state index is 0.120. The molecule has 10 heavy (non-hydrogen) atoms. The van der Waals surface area contributed by atoms with Crippen LogP contribution in [0.5, 0.6) is 0 Å². The average molecular weight is 165 g/mol. The predicted octanol–water partition coefficient (Wildman–Crippen LogP) is 0.905. The van der Waals surface area contributed by atoms with Gasteiger partial charge < -0.3 is 9.47 Å². The number of carbonyl (C=O) groups is 1. The van der Waals surface area contributed by atoms with Gasteiger partial charge in [0.2, 0.25) is 5.24 Å². The zero-order chi connectivity index (χ0) is 7.61. The topological polar surface area (TPSA) is 35.5 Å². The lowest BCUT2D eigenvalue weighted by atomic mass is 10.2. The van der Waals surface area contributed by atoms with Crippen molar-refractivity contribution in [2.24, 2.45) is 0 Å². The zero-order valence-corrected chi connectivity index (χ0v) is 6.48. The molecule has 0 aromatic heterocycles. The quantitative estimate of drug-likeness (QED) is 0.569. The molecule has 0 amide bonds. The summed E-state index contributed by atoms with van der Waals surface area (Å²) in [5.41, 5.74) is 0. The molecule has 1 fully saturated rings.